The molecule has 26 heavy (non-hydrogen) atoms. The predicted octanol–water partition coefficient (Wildman–Crippen LogP) is 3.23. The van der Waals surface area contributed by atoms with Crippen LogP contribution in [0.4, 0.5) is 11.5 Å². The molecule has 2 rings (SSSR count). The molecule has 2 N–H and O–H groups in total. The number of anilines is 2. The van der Waals surface area contributed by atoms with Crippen LogP contribution in [0.3, 0.4) is 0 Å². The monoisotopic (exact) mass is 356 g/mol. The number of esters is 1. The molecule has 7 heteroatoms. The van der Waals surface area contributed by atoms with Crippen molar-refractivity contribution in [2.75, 3.05) is 11.9 Å². The van der Waals surface area contributed by atoms with E-state index in [9.17, 15) is 9.59 Å². The third-order valence-corrected chi connectivity index (χ3v) is 3.24. The van der Waals surface area contributed by atoms with Gasteiger partial charge in [0.2, 0.25) is 0 Å². The smallest absolute Gasteiger partial charge is 0.340 e. The number of carbonyl (C=O) groups is 2. The van der Waals surface area contributed by atoms with E-state index >= 15 is 0 Å². The lowest BCUT2D eigenvalue weighted by Gasteiger charge is -2.20. The van der Waals surface area contributed by atoms with Crippen LogP contribution in [0.5, 0.6) is 0 Å². The molecule has 0 aliphatic heterocycles. The van der Waals surface area contributed by atoms with Gasteiger partial charge in [0.25, 0.3) is 5.91 Å². The molecular weight excluding hydrogens is 332 g/mol. The first-order chi connectivity index (χ1) is 12.2. The lowest BCUT2D eigenvalue weighted by molar-refractivity contribution is 0.0527. The van der Waals surface area contributed by atoms with Crippen molar-refractivity contribution in [2.24, 2.45) is 0 Å². The summed E-state index contributed by atoms with van der Waals surface area (Å²) in [7, 11) is 0. The molecule has 1 aromatic heterocycles. The molecule has 0 aliphatic carbocycles. The highest BCUT2D eigenvalue weighted by molar-refractivity contribution is 5.97. The van der Waals surface area contributed by atoms with Crippen LogP contribution in [0.25, 0.3) is 0 Å². The van der Waals surface area contributed by atoms with Gasteiger partial charge in [0.05, 0.1) is 17.9 Å². The largest absolute Gasteiger partial charge is 0.462 e. The molecule has 0 bridgehead atoms. The zero-order chi connectivity index (χ0) is 19.3. The van der Waals surface area contributed by atoms with Crippen molar-refractivity contribution in [1.82, 2.24) is 15.3 Å². The first kappa shape index (κ1) is 19.4. The van der Waals surface area contributed by atoms with Crippen LogP contribution in [-0.2, 0) is 4.74 Å². The van der Waals surface area contributed by atoms with E-state index in [1.54, 1.807) is 44.2 Å². The number of amides is 1. The van der Waals surface area contributed by atoms with Gasteiger partial charge in [0.15, 0.2) is 0 Å². The fourth-order valence-electron chi connectivity index (χ4n) is 2.27. The van der Waals surface area contributed by atoms with Crippen molar-refractivity contribution in [2.45, 2.75) is 40.2 Å². The Labute approximate surface area is 153 Å². The van der Waals surface area contributed by atoms with Gasteiger partial charge >= 0.3 is 5.97 Å². The molecule has 1 aromatic carbocycles. The number of rotatable bonds is 5. The second-order valence-electron chi connectivity index (χ2n) is 6.78. The van der Waals surface area contributed by atoms with E-state index in [1.807, 2.05) is 20.8 Å². The highest BCUT2D eigenvalue weighted by Crippen LogP contribution is 2.21. The molecule has 2 aromatic rings. The minimum absolute atomic E-state index is 0.253. The number of nitrogens with zero attached hydrogens (tertiary/aromatic N) is 2. The van der Waals surface area contributed by atoms with Crippen LogP contribution >= 0.6 is 0 Å². The lowest BCUT2D eigenvalue weighted by Crippen LogP contribution is -2.41. The molecule has 0 unspecified atom stereocenters. The second-order valence-corrected chi connectivity index (χ2v) is 6.78. The number of benzene rings is 1. The maximum Gasteiger partial charge on any atom is 0.340 e. The summed E-state index contributed by atoms with van der Waals surface area (Å²) < 4.78 is 5.07. The van der Waals surface area contributed by atoms with Gasteiger partial charge in [-0.1, -0.05) is 12.1 Å². The summed E-state index contributed by atoms with van der Waals surface area (Å²) in [6.07, 6.45) is 0. The van der Waals surface area contributed by atoms with Crippen molar-refractivity contribution in [3.05, 3.63) is 47.4 Å². The number of hydrogen-bond acceptors (Lipinski definition) is 6. The molecule has 1 amide bonds. The molecule has 0 spiro atoms. The highest BCUT2D eigenvalue weighted by atomic mass is 16.5. The van der Waals surface area contributed by atoms with Gasteiger partial charge in [-0.25, -0.2) is 14.8 Å². The summed E-state index contributed by atoms with van der Waals surface area (Å²) in [6, 6.07) is 8.52. The number of aryl methyl sites for hydroxylation is 1. The van der Waals surface area contributed by atoms with E-state index in [4.69, 9.17) is 4.74 Å². The Hall–Kier alpha value is -2.96. The van der Waals surface area contributed by atoms with Crippen molar-refractivity contribution < 1.29 is 14.3 Å². The van der Waals surface area contributed by atoms with E-state index in [-0.39, 0.29) is 23.7 Å². The van der Waals surface area contributed by atoms with E-state index in [0.29, 0.717) is 22.9 Å². The minimum atomic E-state index is -0.424. The lowest BCUT2D eigenvalue weighted by atomic mass is 10.1. The van der Waals surface area contributed by atoms with Crippen LogP contribution in [0, 0.1) is 6.92 Å². The number of nitrogens with one attached hydrogen (secondary N) is 2. The average molecular weight is 356 g/mol. The second kappa shape index (κ2) is 7.95. The maximum atomic E-state index is 12.4. The predicted molar refractivity (Wildman–Crippen MR) is 99.7 cm³/mol. The van der Waals surface area contributed by atoms with E-state index in [2.05, 4.69) is 20.6 Å². The standard InChI is InChI=1S/C19H24N4O3/c1-6-26-18(25)13-9-7-8-10-14(13)22-16-11-15(20-12(2)21-16)17(24)23-19(3,4)5/h7-11H,6H2,1-5H3,(H,23,24)(H,20,21,22). The fourth-order valence-corrected chi connectivity index (χ4v) is 2.27. The summed E-state index contributed by atoms with van der Waals surface area (Å²) in [4.78, 5) is 33.0. The number of hydrogen-bond donors (Lipinski definition) is 2. The van der Waals surface area contributed by atoms with Gasteiger partial charge in [0.1, 0.15) is 17.3 Å². The quantitative estimate of drug-likeness (QED) is 0.799. The third kappa shape index (κ3) is 5.27. The molecular formula is C19H24N4O3. The summed E-state index contributed by atoms with van der Waals surface area (Å²) >= 11 is 0. The molecule has 0 radical (unpaired) electrons. The molecule has 0 saturated carbocycles. The minimum Gasteiger partial charge on any atom is -0.462 e. The fraction of sp³-hybridized carbons (Fsp3) is 0.368. The zero-order valence-corrected chi connectivity index (χ0v) is 15.7. The summed E-state index contributed by atoms with van der Waals surface area (Å²) in [6.45, 7) is 9.43. The van der Waals surface area contributed by atoms with Crippen molar-refractivity contribution in [3.63, 3.8) is 0 Å². The first-order valence-electron chi connectivity index (χ1n) is 8.41. The van der Waals surface area contributed by atoms with Gasteiger partial charge in [-0.3, -0.25) is 4.79 Å². The Morgan fingerprint density at radius 3 is 2.50 bits per heavy atom. The van der Waals surface area contributed by atoms with E-state index in [0.717, 1.165) is 0 Å². The molecule has 0 atom stereocenters. The van der Waals surface area contributed by atoms with Crippen LogP contribution in [0.1, 0.15) is 54.4 Å². The summed E-state index contributed by atoms with van der Waals surface area (Å²) in [5, 5.41) is 5.95. The molecule has 7 nitrogen and oxygen atoms in total. The van der Waals surface area contributed by atoms with E-state index in [1.165, 1.54) is 0 Å². The average Bonchev–Trinajstić information content (AvgIpc) is 2.53. The number of carbonyl (C=O) groups excluding carboxylic acids is 2. The first-order valence-corrected chi connectivity index (χ1v) is 8.41. The zero-order valence-electron chi connectivity index (χ0n) is 15.7. The Kier molecular flexibility index (Phi) is 5.92. The van der Waals surface area contributed by atoms with Crippen LogP contribution < -0.4 is 10.6 Å². The molecule has 1 heterocycles. The Morgan fingerprint density at radius 2 is 1.85 bits per heavy atom. The van der Waals surface area contributed by atoms with Gasteiger partial charge < -0.3 is 15.4 Å². The Balaban J connectivity index is 2.31. The molecule has 0 aliphatic rings. The maximum absolute atomic E-state index is 12.4. The molecule has 138 valence electrons. The Bertz CT molecular complexity index is 813. The van der Waals surface area contributed by atoms with Crippen molar-refractivity contribution in [1.29, 1.82) is 0 Å². The van der Waals surface area contributed by atoms with E-state index < -0.39 is 5.97 Å². The highest BCUT2D eigenvalue weighted by Gasteiger charge is 2.18. The SMILES string of the molecule is CCOC(=O)c1ccccc1Nc1cc(C(=O)NC(C)(C)C)nc(C)n1. The number of ether oxygens (including phenoxy) is 1. The third-order valence-electron chi connectivity index (χ3n) is 3.24. The Morgan fingerprint density at radius 1 is 1.15 bits per heavy atom. The van der Waals surface area contributed by atoms with Crippen LogP contribution in [0.15, 0.2) is 30.3 Å². The normalized spacial score (nSPS) is 11.0. The van der Waals surface area contributed by atoms with Gasteiger partial charge in [0, 0.05) is 11.6 Å². The number of para-hydroxylation sites is 1. The van der Waals surface area contributed by atoms with Gasteiger partial charge in [-0.05, 0) is 46.8 Å². The number of aromatic nitrogens is 2. The van der Waals surface area contributed by atoms with Crippen LogP contribution in [0.2, 0.25) is 0 Å². The van der Waals surface area contributed by atoms with Crippen molar-refractivity contribution >= 4 is 23.4 Å². The van der Waals surface area contributed by atoms with Crippen molar-refractivity contribution in [3.8, 4) is 0 Å². The van der Waals surface area contributed by atoms with Gasteiger partial charge in [-0.2, -0.15) is 0 Å². The summed E-state index contributed by atoms with van der Waals surface area (Å²) in [5.41, 5.74) is 0.820. The van der Waals surface area contributed by atoms with Crippen LogP contribution in [-0.4, -0.2) is 34.0 Å². The van der Waals surface area contributed by atoms with Gasteiger partial charge in [-0.15, -0.1) is 0 Å². The molecule has 0 fully saturated rings. The molecule has 0 saturated heterocycles. The summed E-state index contributed by atoms with van der Waals surface area (Å²) in [5.74, 6) is 0.160. The topological polar surface area (TPSA) is 93.2 Å².